The summed E-state index contributed by atoms with van der Waals surface area (Å²) < 4.78 is 16.3. The molecule has 29 heavy (non-hydrogen) atoms. The molecule has 1 atom stereocenters. The molecule has 8 heteroatoms. The second kappa shape index (κ2) is 8.08. The van der Waals surface area contributed by atoms with Gasteiger partial charge >= 0.3 is 0 Å². The van der Waals surface area contributed by atoms with Crippen LogP contribution in [0.5, 0.6) is 17.2 Å². The molecule has 3 aromatic rings. The number of aromatic nitrogens is 2. The van der Waals surface area contributed by atoms with Crippen LogP contribution in [0.4, 0.5) is 5.82 Å². The molecule has 0 saturated heterocycles. The van der Waals surface area contributed by atoms with Crippen molar-refractivity contribution in [3.05, 3.63) is 53.6 Å². The van der Waals surface area contributed by atoms with Gasteiger partial charge in [0, 0.05) is 5.56 Å². The summed E-state index contributed by atoms with van der Waals surface area (Å²) in [4.78, 5) is 12.9. The van der Waals surface area contributed by atoms with Crippen molar-refractivity contribution < 1.29 is 19.0 Å². The SMILES string of the molecule is COc1cc(C2Nc3n[nH]c(-c4ccccc4)c3C(=O)CS2)cc(OC)c1OC. The van der Waals surface area contributed by atoms with Gasteiger partial charge in [0.15, 0.2) is 23.1 Å². The molecule has 4 rings (SSSR count). The minimum Gasteiger partial charge on any atom is -0.493 e. The quantitative estimate of drug-likeness (QED) is 0.652. The molecule has 1 unspecified atom stereocenters. The summed E-state index contributed by atoms with van der Waals surface area (Å²) in [5, 5.41) is 10.6. The van der Waals surface area contributed by atoms with Gasteiger partial charge in [-0.15, -0.1) is 11.8 Å². The fourth-order valence-corrected chi connectivity index (χ4v) is 4.35. The van der Waals surface area contributed by atoms with Crippen molar-refractivity contribution in [2.75, 3.05) is 32.4 Å². The van der Waals surface area contributed by atoms with E-state index in [0.717, 1.165) is 16.8 Å². The van der Waals surface area contributed by atoms with Crippen molar-refractivity contribution in [1.29, 1.82) is 0 Å². The lowest BCUT2D eigenvalue weighted by molar-refractivity contribution is 0.102. The normalized spacial score (nSPS) is 15.8. The number of H-pyrrole nitrogens is 1. The van der Waals surface area contributed by atoms with Gasteiger partial charge in [-0.2, -0.15) is 5.10 Å². The van der Waals surface area contributed by atoms with Gasteiger partial charge in [0.25, 0.3) is 0 Å². The summed E-state index contributed by atoms with van der Waals surface area (Å²) in [6.07, 6.45) is 0. The number of ether oxygens (including phenoxy) is 3. The van der Waals surface area contributed by atoms with Gasteiger partial charge in [0.05, 0.1) is 43.7 Å². The molecule has 0 bridgehead atoms. The number of thioether (sulfide) groups is 1. The second-order valence-electron chi connectivity index (χ2n) is 6.41. The van der Waals surface area contributed by atoms with Crippen molar-refractivity contribution in [3.63, 3.8) is 0 Å². The van der Waals surface area contributed by atoms with E-state index in [2.05, 4.69) is 15.5 Å². The number of hydrogen-bond donors (Lipinski definition) is 2. The smallest absolute Gasteiger partial charge is 0.203 e. The Morgan fingerprint density at radius 1 is 1.03 bits per heavy atom. The highest BCUT2D eigenvalue weighted by Crippen LogP contribution is 2.44. The highest BCUT2D eigenvalue weighted by Gasteiger charge is 2.29. The van der Waals surface area contributed by atoms with E-state index < -0.39 is 0 Å². The van der Waals surface area contributed by atoms with Crippen LogP contribution < -0.4 is 19.5 Å². The predicted octanol–water partition coefficient (Wildman–Crippen LogP) is 4.14. The number of hydrogen-bond acceptors (Lipinski definition) is 7. The number of rotatable bonds is 5. The maximum absolute atomic E-state index is 12.9. The summed E-state index contributed by atoms with van der Waals surface area (Å²) in [6, 6.07) is 13.5. The Morgan fingerprint density at radius 2 is 1.72 bits per heavy atom. The van der Waals surface area contributed by atoms with Crippen LogP contribution >= 0.6 is 11.8 Å². The summed E-state index contributed by atoms with van der Waals surface area (Å²) >= 11 is 1.50. The topological polar surface area (TPSA) is 85.5 Å². The average molecular weight is 411 g/mol. The Morgan fingerprint density at radius 3 is 2.34 bits per heavy atom. The van der Waals surface area contributed by atoms with Gasteiger partial charge in [-0.05, 0) is 17.7 Å². The lowest BCUT2D eigenvalue weighted by Crippen LogP contribution is -2.08. The molecular formula is C21H21N3O4S. The van der Waals surface area contributed by atoms with E-state index in [1.54, 1.807) is 21.3 Å². The number of carbonyl (C=O) groups excluding carboxylic acids is 1. The largest absolute Gasteiger partial charge is 0.493 e. The van der Waals surface area contributed by atoms with Crippen molar-refractivity contribution in [3.8, 4) is 28.5 Å². The van der Waals surface area contributed by atoms with E-state index in [4.69, 9.17) is 14.2 Å². The molecule has 7 nitrogen and oxygen atoms in total. The fourth-order valence-electron chi connectivity index (χ4n) is 3.36. The van der Waals surface area contributed by atoms with Crippen LogP contribution in [0.2, 0.25) is 0 Å². The van der Waals surface area contributed by atoms with E-state index in [1.165, 1.54) is 11.8 Å². The molecular weight excluding hydrogens is 390 g/mol. The predicted molar refractivity (Wildman–Crippen MR) is 113 cm³/mol. The molecule has 0 aliphatic carbocycles. The first kappa shape index (κ1) is 19.2. The van der Waals surface area contributed by atoms with Crippen molar-refractivity contribution in [2.24, 2.45) is 0 Å². The van der Waals surface area contributed by atoms with Crippen LogP contribution in [-0.2, 0) is 0 Å². The zero-order chi connectivity index (χ0) is 20.4. The van der Waals surface area contributed by atoms with Crippen molar-refractivity contribution in [1.82, 2.24) is 10.2 Å². The van der Waals surface area contributed by atoms with E-state index in [0.29, 0.717) is 34.4 Å². The third-order valence-electron chi connectivity index (χ3n) is 4.75. The molecule has 0 spiro atoms. The van der Waals surface area contributed by atoms with Crippen molar-refractivity contribution >= 4 is 23.4 Å². The van der Waals surface area contributed by atoms with Gasteiger partial charge in [-0.3, -0.25) is 9.89 Å². The third-order valence-corrected chi connectivity index (χ3v) is 5.90. The van der Waals surface area contributed by atoms with E-state index in [1.807, 2.05) is 42.5 Å². The summed E-state index contributed by atoms with van der Waals surface area (Å²) in [5.41, 5.74) is 3.13. The fraction of sp³-hybridized carbons (Fsp3) is 0.238. The minimum atomic E-state index is -0.208. The number of ketones is 1. The number of methoxy groups -OCH3 is 3. The molecule has 0 amide bonds. The Bertz CT molecular complexity index is 1010. The molecule has 2 aromatic carbocycles. The summed E-state index contributed by atoms with van der Waals surface area (Å²) in [7, 11) is 4.73. The molecule has 0 fully saturated rings. The molecule has 2 N–H and O–H groups in total. The number of benzene rings is 2. The van der Waals surface area contributed by atoms with Gasteiger partial charge in [-0.1, -0.05) is 30.3 Å². The summed E-state index contributed by atoms with van der Waals surface area (Å²) in [5.74, 6) is 2.54. The zero-order valence-electron chi connectivity index (χ0n) is 16.3. The molecule has 1 aromatic heterocycles. The number of fused-ring (bicyclic) bond motifs is 1. The lowest BCUT2D eigenvalue weighted by atomic mass is 10.0. The number of anilines is 1. The molecule has 150 valence electrons. The van der Waals surface area contributed by atoms with Crippen LogP contribution in [-0.4, -0.2) is 43.1 Å². The number of Topliss-reactive ketones (excluding diaryl/α,β-unsaturated/α-hetero) is 1. The average Bonchev–Trinajstić information content (AvgIpc) is 3.12. The van der Waals surface area contributed by atoms with Crippen LogP contribution in [0.25, 0.3) is 11.3 Å². The molecule has 1 aliphatic rings. The summed E-state index contributed by atoms with van der Waals surface area (Å²) in [6.45, 7) is 0. The minimum absolute atomic E-state index is 0.0278. The first-order valence-electron chi connectivity index (χ1n) is 9.01. The third kappa shape index (κ3) is 3.51. The maximum atomic E-state index is 12.9. The first-order chi connectivity index (χ1) is 14.2. The number of nitrogens with zero attached hydrogens (tertiary/aromatic N) is 1. The van der Waals surface area contributed by atoms with Crippen LogP contribution in [0.15, 0.2) is 42.5 Å². The monoisotopic (exact) mass is 411 g/mol. The van der Waals surface area contributed by atoms with Gasteiger partial charge in [0.2, 0.25) is 5.75 Å². The Balaban J connectivity index is 1.73. The van der Waals surface area contributed by atoms with Gasteiger partial charge in [-0.25, -0.2) is 0 Å². The standard InChI is InChI=1S/C21H21N3O4S/c1-26-15-9-13(10-16(27-2)19(15)28-3)21-22-20-17(14(25)11-29-21)18(23-24-20)12-7-5-4-6-8-12/h4-10,21H,11H2,1-3H3,(H2,22,23,24). The Kier molecular flexibility index (Phi) is 5.35. The molecule has 1 aliphatic heterocycles. The number of carbonyl (C=O) groups is 1. The van der Waals surface area contributed by atoms with E-state index in [-0.39, 0.29) is 11.2 Å². The molecule has 0 saturated carbocycles. The van der Waals surface area contributed by atoms with Crippen molar-refractivity contribution in [2.45, 2.75) is 5.37 Å². The molecule has 0 radical (unpaired) electrons. The zero-order valence-corrected chi connectivity index (χ0v) is 17.1. The van der Waals surface area contributed by atoms with Crippen LogP contribution in [0, 0.1) is 0 Å². The maximum Gasteiger partial charge on any atom is 0.203 e. The Hall–Kier alpha value is -3.13. The van der Waals surface area contributed by atoms with Crippen LogP contribution in [0.3, 0.4) is 0 Å². The first-order valence-corrected chi connectivity index (χ1v) is 10.1. The second-order valence-corrected chi connectivity index (χ2v) is 7.50. The van der Waals surface area contributed by atoms with E-state index in [9.17, 15) is 4.79 Å². The lowest BCUT2D eigenvalue weighted by Gasteiger charge is -2.19. The Labute approximate surface area is 172 Å². The van der Waals surface area contributed by atoms with Gasteiger partial charge < -0.3 is 19.5 Å². The van der Waals surface area contributed by atoms with Gasteiger partial charge in [0.1, 0.15) is 0 Å². The number of nitrogens with one attached hydrogen (secondary N) is 2. The highest BCUT2D eigenvalue weighted by atomic mass is 32.2. The molecule has 2 heterocycles. The number of aromatic amines is 1. The highest BCUT2D eigenvalue weighted by molar-refractivity contribution is 8.00. The van der Waals surface area contributed by atoms with E-state index >= 15 is 0 Å². The van der Waals surface area contributed by atoms with Crippen LogP contribution in [0.1, 0.15) is 21.3 Å².